The van der Waals surface area contributed by atoms with Crippen molar-refractivity contribution in [1.82, 2.24) is 4.90 Å². The first-order valence-electron chi connectivity index (χ1n) is 7.97. The number of rotatable bonds is 6. The molecule has 1 heterocycles. The van der Waals surface area contributed by atoms with Gasteiger partial charge in [0.25, 0.3) is 0 Å². The van der Waals surface area contributed by atoms with Crippen molar-refractivity contribution >= 4 is 5.69 Å². The monoisotopic (exact) mass is 292 g/mol. The SMILES string of the molecule is COc1cc(N)cc(CCCN2CCCCCC2)c1OC. The molecule has 0 bridgehead atoms. The molecule has 1 aromatic carbocycles. The van der Waals surface area contributed by atoms with Gasteiger partial charge in [0, 0.05) is 17.3 Å². The lowest BCUT2D eigenvalue weighted by Gasteiger charge is -2.20. The number of benzene rings is 1. The van der Waals surface area contributed by atoms with E-state index in [4.69, 9.17) is 15.2 Å². The van der Waals surface area contributed by atoms with Crippen LogP contribution in [-0.4, -0.2) is 38.8 Å². The third-order valence-corrected chi connectivity index (χ3v) is 4.20. The molecule has 4 nitrogen and oxygen atoms in total. The van der Waals surface area contributed by atoms with E-state index in [1.54, 1.807) is 14.2 Å². The number of nitrogens with zero attached hydrogens (tertiary/aromatic N) is 1. The maximum Gasteiger partial charge on any atom is 0.164 e. The fourth-order valence-corrected chi connectivity index (χ4v) is 3.11. The van der Waals surface area contributed by atoms with E-state index in [1.807, 2.05) is 12.1 Å². The predicted molar refractivity (Wildman–Crippen MR) is 87.2 cm³/mol. The Morgan fingerprint density at radius 2 is 1.76 bits per heavy atom. The topological polar surface area (TPSA) is 47.7 Å². The van der Waals surface area contributed by atoms with Gasteiger partial charge in [-0.3, -0.25) is 0 Å². The second-order valence-corrected chi connectivity index (χ2v) is 5.77. The zero-order valence-electron chi connectivity index (χ0n) is 13.4. The Bertz CT molecular complexity index is 441. The van der Waals surface area contributed by atoms with E-state index in [-0.39, 0.29) is 0 Å². The molecule has 21 heavy (non-hydrogen) atoms. The summed E-state index contributed by atoms with van der Waals surface area (Å²) in [6.07, 6.45) is 7.56. The molecule has 0 saturated carbocycles. The van der Waals surface area contributed by atoms with Crippen LogP contribution in [0.4, 0.5) is 5.69 Å². The quantitative estimate of drug-likeness (QED) is 0.819. The van der Waals surface area contributed by atoms with Gasteiger partial charge in [-0.15, -0.1) is 0 Å². The number of anilines is 1. The van der Waals surface area contributed by atoms with E-state index in [2.05, 4.69) is 4.90 Å². The van der Waals surface area contributed by atoms with Gasteiger partial charge >= 0.3 is 0 Å². The van der Waals surface area contributed by atoms with Crippen molar-refractivity contribution in [3.63, 3.8) is 0 Å². The molecule has 1 aliphatic rings. The van der Waals surface area contributed by atoms with Crippen LogP contribution in [0.5, 0.6) is 11.5 Å². The average molecular weight is 292 g/mol. The lowest BCUT2D eigenvalue weighted by atomic mass is 10.1. The lowest BCUT2D eigenvalue weighted by Crippen LogP contribution is -2.26. The van der Waals surface area contributed by atoms with Gasteiger partial charge in [0.2, 0.25) is 0 Å². The van der Waals surface area contributed by atoms with Crippen LogP contribution in [0.2, 0.25) is 0 Å². The molecule has 1 aliphatic heterocycles. The first-order valence-corrected chi connectivity index (χ1v) is 7.97. The van der Waals surface area contributed by atoms with Crippen molar-refractivity contribution in [2.45, 2.75) is 38.5 Å². The van der Waals surface area contributed by atoms with Crippen molar-refractivity contribution < 1.29 is 9.47 Å². The Morgan fingerprint density at radius 3 is 2.38 bits per heavy atom. The molecule has 0 radical (unpaired) electrons. The maximum absolute atomic E-state index is 5.95. The Labute approximate surface area is 128 Å². The summed E-state index contributed by atoms with van der Waals surface area (Å²) in [6, 6.07) is 3.82. The van der Waals surface area contributed by atoms with Crippen molar-refractivity contribution in [3.05, 3.63) is 17.7 Å². The standard InChI is InChI=1S/C17H28N2O2/c1-20-16-13-15(18)12-14(17(16)21-2)8-7-11-19-9-5-3-4-6-10-19/h12-13H,3-11,18H2,1-2H3. The third-order valence-electron chi connectivity index (χ3n) is 4.20. The highest BCUT2D eigenvalue weighted by atomic mass is 16.5. The molecule has 1 aromatic rings. The average Bonchev–Trinajstić information content (AvgIpc) is 2.75. The summed E-state index contributed by atoms with van der Waals surface area (Å²) in [5.41, 5.74) is 7.82. The summed E-state index contributed by atoms with van der Waals surface area (Å²) in [7, 11) is 3.34. The molecule has 0 unspecified atom stereocenters. The Balaban J connectivity index is 1.94. The molecule has 118 valence electrons. The molecule has 0 aliphatic carbocycles. The Kier molecular flexibility index (Phi) is 6.18. The number of hydrogen-bond acceptors (Lipinski definition) is 4. The molecule has 0 atom stereocenters. The number of nitrogen functional groups attached to an aromatic ring is 1. The second kappa shape index (κ2) is 8.13. The minimum Gasteiger partial charge on any atom is -0.493 e. The van der Waals surface area contributed by atoms with Gasteiger partial charge in [-0.1, -0.05) is 12.8 Å². The zero-order chi connectivity index (χ0) is 15.1. The van der Waals surface area contributed by atoms with Crippen LogP contribution >= 0.6 is 0 Å². The number of nitrogens with two attached hydrogens (primary N) is 1. The summed E-state index contributed by atoms with van der Waals surface area (Å²) in [5.74, 6) is 1.55. The highest BCUT2D eigenvalue weighted by Gasteiger charge is 2.13. The van der Waals surface area contributed by atoms with Crippen molar-refractivity contribution in [2.75, 3.05) is 39.6 Å². The Morgan fingerprint density at radius 1 is 1.05 bits per heavy atom. The normalized spacial score (nSPS) is 16.5. The first-order chi connectivity index (χ1) is 10.2. The fourth-order valence-electron chi connectivity index (χ4n) is 3.11. The summed E-state index contributed by atoms with van der Waals surface area (Å²) in [4.78, 5) is 2.59. The van der Waals surface area contributed by atoms with Gasteiger partial charge in [-0.2, -0.15) is 0 Å². The van der Waals surface area contributed by atoms with Crippen LogP contribution in [0, 0.1) is 0 Å². The van der Waals surface area contributed by atoms with Gasteiger partial charge in [-0.25, -0.2) is 0 Å². The Hall–Kier alpha value is -1.42. The number of ether oxygens (including phenoxy) is 2. The summed E-state index contributed by atoms with van der Waals surface area (Å²) < 4.78 is 10.8. The van der Waals surface area contributed by atoms with Crippen LogP contribution in [0.15, 0.2) is 12.1 Å². The molecular formula is C17H28N2O2. The van der Waals surface area contributed by atoms with E-state index in [0.717, 1.165) is 42.1 Å². The van der Waals surface area contributed by atoms with Crippen LogP contribution in [0.1, 0.15) is 37.7 Å². The van der Waals surface area contributed by atoms with E-state index in [0.29, 0.717) is 0 Å². The molecule has 0 aromatic heterocycles. The number of likely N-dealkylation sites (tertiary alicyclic amines) is 1. The largest absolute Gasteiger partial charge is 0.493 e. The zero-order valence-corrected chi connectivity index (χ0v) is 13.4. The molecule has 4 heteroatoms. The fraction of sp³-hybridized carbons (Fsp3) is 0.647. The molecule has 2 rings (SSSR count). The smallest absolute Gasteiger partial charge is 0.164 e. The van der Waals surface area contributed by atoms with Gasteiger partial charge < -0.3 is 20.1 Å². The van der Waals surface area contributed by atoms with Crippen LogP contribution < -0.4 is 15.2 Å². The minimum absolute atomic E-state index is 0.724. The molecule has 0 amide bonds. The number of methoxy groups -OCH3 is 2. The van der Waals surface area contributed by atoms with Crippen molar-refractivity contribution in [2.24, 2.45) is 0 Å². The molecule has 1 fully saturated rings. The summed E-state index contributed by atoms with van der Waals surface area (Å²) in [6.45, 7) is 3.65. The number of hydrogen-bond donors (Lipinski definition) is 1. The predicted octanol–water partition coefficient (Wildman–Crippen LogP) is 3.09. The van der Waals surface area contributed by atoms with E-state index in [1.165, 1.54) is 38.8 Å². The van der Waals surface area contributed by atoms with Crippen LogP contribution in [-0.2, 0) is 6.42 Å². The molecule has 1 saturated heterocycles. The first kappa shape index (κ1) is 16.0. The maximum atomic E-state index is 5.95. The van der Waals surface area contributed by atoms with Crippen LogP contribution in [0.3, 0.4) is 0 Å². The van der Waals surface area contributed by atoms with Gasteiger partial charge in [0.05, 0.1) is 14.2 Å². The molecule has 0 spiro atoms. The van der Waals surface area contributed by atoms with E-state index in [9.17, 15) is 0 Å². The number of aryl methyl sites for hydroxylation is 1. The summed E-state index contributed by atoms with van der Waals surface area (Å²) >= 11 is 0. The van der Waals surface area contributed by atoms with Gasteiger partial charge in [-0.05, 0) is 51.4 Å². The molecular weight excluding hydrogens is 264 g/mol. The van der Waals surface area contributed by atoms with E-state index >= 15 is 0 Å². The van der Waals surface area contributed by atoms with E-state index < -0.39 is 0 Å². The third kappa shape index (κ3) is 4.53. The highest BCUT2D eigenvalue weighted by molar-refractivity contribution is 5.57. The second-order valence-electron chi connectivity index (χ2n) is 5.77. The van der Waals surface area contributed by atoms with Crippen LogP contribution in [0.25, 0.3) is 0 Å². The van der Waals surface area contributed by atoms with Crippen molar-refractivity contribution in [1.29, 1.82) is 0 Å². The minimum atomic E-state index is 0.724. The molecule has 2 N–H and O–H groups in total. The lowest BCUT2D eigenvalue weighted by molar-refractivity contribution is 0.281. The van der Waals surface area contributed by atoms with Crippen molar-refractivity contribution in [3.8, 4) is 11.5 Å². The summed E-state index contributed by atoms with van der Waals surface area (Å²) in [5, 5.41) is 0. The highest BCUT2D eigenvalue weighted by Crippen LogP contribution is 2.34. The van der Waals surface area contributed by atoms with Gasteiger partial charge in [0.1, 0.15) is 0 Å². The van der Waals surface area contributed by atoms with Gasteiger partial charge in [0.15, 0.2) is 11.5 Å².